The summed E-state index contributed by atoms with van der Waals surface area (Å²) in [5.41, 5.74) is -0.662. The maximum absolute atomic E-state index is 13.0. The summed E-state index contributed by atoms with van der Waals surface area (Å²) >= 11 is 0. The van der Waals surface area contributed by atoms with Crippen LogP contribution in [0.15, 0.2) is 30.3 Å². The van der Waals surface area contributed by atoms with Gasteiger partial charge in [-0.2, -0.15) is 0 Å². The summed E-state index contributed by atoms with van der Waals surface area (Å²) in [5.74, 6) is 0. The molecule has 0 spiro atoms. The molecule has 0 radical (unpaired) electrons. The van der Waals surface area contributed by atoms with E-state index in [-0.39, 0.29) is 24.0 Å². The van der Waals surface area contributed by atoms with Gasteiger partial charge in [-0.15, -0.1) is 0 Å². The first kappa shape index (κ1) is 19.1. The van der Waals surface area contributed by atoms with Crippen molar-refractivity contribution >= 4 is 13.1 Å². The van der Waals surface area contributed by atoms with Gasteiger partial charge in [-0.1, -0.05) is 71.9 Å². The Morgan fingerprint density at radius 3 is 1.68 bits per heavy atom. The van der Waals surface area contributed by atoms with Crippen molar-refractivity contribution in [3.8, 4) is 0 Å². The molecule has 1 aromatic rings. The van der Waals surface area contributed by atoms with Gasteiger partial charge in [0, 0.05) is 5.56 Å². The quantitative estimate of drug-likeness (QED) is 0.679. The highest BCUT2D eigenvalue weighted by molar-refractivity contribution is 7.72. The summed E-state index contributed by atoms with van der Waals surface area (Å²) in [5, 5.41) is 0. The van der Waals surface area contributed by atoms with Crippen molar-refractivity contribution in [2.45, 2.75) is 41.5 Å². The highest BCUT2D eigenvalue weighted by atomic mass is 31.2. The third-order valence-corrected chi connectivity index (χ3v) is 4.30. The standard InChI is InChI=1S/C17H27O4P/c1-16(2,3)12-20-22(19,21-13-17(4,5)6)15(18)14-10-8-7-9-11-14/h7-11H,12-13H2,1-6H3. The van der Waals surface area contributed by atoms with Crippen LogP contribution in [0, 0.1) is 10.8 Å². The first-order valence-electron chi connectivity index (χ1n) is 7.42. The van der Waals surface area contributed by atoms with E-state index in [9.17, 15) is 9.36 Å². The first-order chi connectivity index (χ1) is 9.93. The highest BCUT2D eigenvalue weighted by Crippen LogP contribution is 2.53. The highest BCUT2D eigenvalue weighted by Gasteiger charge is 2.38. The summed E-state index contributed by atoms with van der Waals surface area (Å²) in [4.78, 5) is 12.6. The Bertz CT molecular complexity index is 516. The monoisotopic (exact) mass is 326 g/mol. The zero-order chi connectivity index (χ0) is 17.0. The Morgan fingerprint density at radius 2 is 1.32 bits per heavy atom. The van der Waals surface area contributed by atoms with Crippen LogP contribution in [0.25, 0.3) is 0 Å². The van der Waals surface area contributed by atoms with E-state index in [0.29, 0.717) is 5.56 Å². The summed E-state index contributed by atoms with van der Waals surface area (Å²) in [6.07, 6.45) is 0. The lowest BCUT2D eigenvalue weighted by molar-refractivity contribution is 0.0901. The van der Waals surface area contributed by atoms with Crippen LogP contribution in [0.2, 0.25) is 0 Å². The second-order valence-corrected chi connectivity index (χ2v) is 9.75. The van der Waals surface area contributed by atoms with Gasteiger partial charge in [-0.05, 0) is 10.8 Å². The molecule has 124 valence electrons. The van der Waals surface area contributed by atoms with Gasteiger partial charge in [0.15, 0.2) is 0 Å². The largest absolute Gasteiger partial charge is 0.401 e. The Hall–Kier alpha value is -0.960. The molecule has 0 fully saturated rings. The Labute approximate surface area is 133 Å². The summed E-state index contributed by atoms with van der Waals surface area (Å²) in [6.45, 7) is 12.1. The molecule has 0 saturated heterocycles. The molecule has 0 unspecified atom stereocenters. The van der Waals surface area contributed by atoms with Crippen molar-refractivity contribution in [3.05, 3.63) is 35.9 Å². The smallest absolute Gasteiger partial charge is 0.302 e. The summed E-state index contributed by atoms with van der Waals surface area (Å²) in [7, 11) is -3.86. The van der Waals surface area contributed by atoms with Gasteiger partial charge in [0.25, 0.3) is 5.52 Å². The van der Waals surface area contributed by atoms with Gasteiger partial charge in [-0.3, -0.25) is 9.36 Å². The fourth-order valence-electron chi connectivity index (χ4n) is 1.45. The first-order valence-corrected chi connectivity index (χ1v) is 8.96. The molecule has 0 saturated carbocycles. The van der Waals surface area contributed by atoms with Gasteiger partial charge in [-0.25, -0.2) is 0 Å². The zero-order valence-corrected chi connectivity index (χ0v) is 15.3. The van der Waals surface area contributed by atoms with Crippen molar-refractivity contribution in [2.75, 3.05) is 13.2 Å². The van der Waals surface area contributed by atoms with Crippen LogP contribution in [0.4, 0.5) is 0 Å². The van der Waals surface area contributed by atoms with Gasteiger partial charge >= 0.3 is 7.60 Å². The van der Waals surface area contributed by atoms with Crippen LogP contribution >= 0.6 is 7.60 Å². The zero-order valence-electron chi connectivity index (χ0n) is 14.4. The molecule has 0 aliphatic carbocycles. The molecule has 0 aliphatic rings. The number of carbonyl (C=O) groups is 1. The Balaban J connectivity index is 3.00. The van der Waals surface area contributed by atoms with Crippen molar-refractivity contribution < 1.29 is 18.4 Å². The van der Waals surface area contributed by atoms with E-state index in [1.54, 1.807) is 30.3 Å². The normalized spacial score (nSPS) is 13.2. The van der Waals surface area contributed by atoms with Crippen LogP contribution in [0.5, 0.6) is 0 Å². The van der Waals surface area contributed by atoms with E-state index >= 15 is 0 Å². The predicted octanol–water partition coefficient (Wildman–Crippen LogP) is 5.15. The third-order valence-electron chi connectivity index (χ3n) is 2.60. The lowest BCUT2D eigenvalue weighted by Gasteiger charge is -2.26. The molecule has 1 aromatic carbocycles. The van der Waals surface area contributed by atoms with Gasteiger partial charge in [0.2, 0.25) is 0 Å². The van der Waals surface area contributed by atoms with Crippen LogP contribution in [-0.4, -0.2) is 18.7 Å². The second-order valence-electron chi connectivity index (χ2n) is 7.84. The molecule has 0 aliphatic heterocycles. The van der Waals surface area contributed by atoms with E-state index in [2.05, 4.69) is 0 Å². The predicted molar refractivity (Wildman–Crippen MR) is 89.2 cm³/mol. The van der Waals surface area contributed by atoms with E-state index in [0.717, 1.165) is 0 Å². The molecule has 0 atom stereocenters. The fourth-order valence-corrected chi connectivity index (χ4v) is 3.34. The van der Waals surface area contributed by atoms with Gasteiger partial charge < -0.3 is 9.05 Å². The average molecular weight is 326 g/mol. The van der Waals surface area contributed by atoms with Crippen LogP contribution in [-0.2, 0) is 13.6 Å². The lowest BCUT2D eigenvalue weighted by Crippen LogP contribution is -2.20. The Kier molecular flexibility index (Phi) is 6.14. The molecule has 5 heteroatoms. The van der Waals surface area contributed by atoms with Gasteiger partial charge in [0.05, 0.1) is 13.2 Å². The van der Waals surface area contributed by atoms with Gasteiger partial charge in [0.1, 0.15) is 0 Å². The van der Waals surface area contributed by atoms with E-state index < -0.39 is 13.1 Å². The molecule has 0 N–H and O–H groups in total. The number of hydrogen-bond acceptors (Lipinski definition) is 4. The molecule has 22 heavy (non-hydrogen) atoms. The molecule has 0 heterocycles. The second kappa shape index (κ2) is 7.08. The summed E-state index contributed by atoms with van der Waals surface area (Å²) < 4.78 is 24.0. The third kappa shape index (κ3) is 6.43. The molecule has 0 aromatic heterocycles. The molecule has 0 bridgehead atoms. The van der Waals surface area contributed by atoms with E-state index in [1.165, 1.54) is 0 Å². The minimum atomic E-state index is -3.86. The van der Waals surface area contributed by atoms with E-state index in [4.69, 9.17) is 9.05 Å². The van der Waals surface area contributed by atoms with Crippen LogP contribution in [0.1, 0.15) is 51.9 Å². The van der Waals surface area contributed by atoms with E-state index in [1.807, 2.05) is 41.5 Å². The molecule has 0 amide bonds. The average Bonchev–Trinajstić information content (AvgIpc) is 2.42. The van der Waals surface area contributed by atoms with Crippen molar-refractivity contribution in [1.29, 1.82) is 0 Å². The summed E-state index contributed by atoms with van der Waals surface area (Å²) in [6, 6.07) is 8.50. The number of hydrogen-bond donors (Lipinski definition) is 0. The molecular weight excluding hydrogens is 299 g/mol. The fraction of sp³-hybridized carbons (Fsp3) is 0.588. The number of carbonyl (C=O) groups excluding carboxylic acids is 1. The number of rotatable bonds is 6. The minimum absolute atomic E-state index is 0.187. The van der Waals surface area contributed by atoms with Crippen molar-refractivity contribution in [3.63, 3.8) is 0 Å². The SMILES string of the molecule is CC(C)(C)COP(=O)(OCC(C)(C)C)C(=O)c1ccccc1. The maximum atomic E-state index is 13.0. The van der Waals surface area contributed by atoms with Crippen molar-refractivity contribution in [2.24, 2.45) is 10.8 Å². The lowest BCUT2D eigenvalue weighted by atomic mass is 9.99. The van der Waals surface area contributed by atoms with Crippen LogP contribution in [0.3, 0.4) is 0 Å². The molecule has 1 rings (SSSR count). The molecular formula is C17H27O4P. The van der Waals surface area contributed by atoms with Crippen LogP contribution < -0.4 is 0 Å². The minimum Gasteiger partial charge on any atom is -0.302 e. The Morgan fingerprint density at radius 1 is 0.909 bits per heavy atom. The maximum Gasteiger partial charge on any atom is 0.401 e. The number of benzene rings is 1. The molecule has 4 nitrogen and oxygen atoms in total. The van der Waals surface area contributed by atoms with Crippen molar-refractivity contribution in [1.82, 2.24) is 0 Å². The topological polar surface area (TPSA) is 52.6 Å².